The normalized spacial score (nSPS) is 10.0. The minimum atomic E-state index is -0.492. The number of carbonyl (C=O) groups excluding carboxylic acids is 2. The molecule has 0 atom stereocenters. The standard InChI is InChI=1S/C17H17ClN2O4/c1-10-14(23-2)8-12(9-15(10)24-3)17(22)20-19-16(21)11-4-6-13(18)7-5-11/h4-9H,1-3H3,(H,19,21)(H,20,22). The fraction of sp³-hybridized carbons (Fsp3) is 0.176. The number of rotatable bonds is 4. The van der Waals surface area contributed by atoms with Crippen molar-refractivity contribution in [3.8, 4) is 11.5 Å². The third-order valence-corrected chi connectivity index (χ3v) is 3.66. The topological polar surface area (TPSA) is 76.7 Å². The van der Waals surface area contributed by atoms with E-state index in [0.717, 1.165) is 5.56 Å². The fourth-order valence-electron chi connectivity index (χ4n) is 2.08. The lowest BCUT2D eigenvalue weighted by molar-refractivity contribution is 0.0846. The maximum absolute atomic E-state index is 12.2. The van der Waals surface area contributed by atoms with Crippen molar-refractivity contribution in [2.45, 2.75) is 6.92 Å². The minimum Gasteiger partial charge on any atom is -0.496 e. The van der Waals surface area contributed by atoms with Crippen molar-refractivity contribution in [1.82, 2.24) is 10.9 Å². The average Bonchev–Trinajstić information content (AvgIpc) is 2.60. The van der Waals surface area contributed by atoms with Gasteiger partial charge in [-0.15, -0.1) is 0 Å². The monoisotopic (exact) mass is 348 g/mol. The van der Waals surface area contributed by atoms with Gasteiger partial charge in [0.15, 0.2) is 0 Å². The van der Waals surface area contributed by atoms with E-state index in [-0.39, 0.29) is 0 Å². The van der Waals surface area contributed by atoms with Gasteiger partial charge in [-0.1, -0.05) is 11.6 Å². The van der Waals surface area contributed by atoms with Gasteiger partial charge in [-0.05, 0) is 43.3 Å². The van der Waals surface area contributed by atoms with Crippen molar-refractivity contribution in [3.63, 3.8) is 0 Å². The smallest absolute Gasteiger partial charge is 0.269 e. The SMILES string of the molecule is COc1cc(C(=O)NNC(=O)c2ccc(Cl)cc2)cc(OC)c1C. The molecule has 2 N–H and O–H groups in total. The van der Waals surface area contributed by atoms with E-state index in [0.29, 0.717) is 27.6 Å². The third kappa shape index (κ3) is 3.97. The lowest BCUT2D eigenvalue weighted by atomic mass is 10.1. The lowest BCUT2D eigenvalue weighted by Gasteiger charge is -2.13. The van der Waals surface area contributed by atoms with Gasteiger partial charge in [0.05, 0.1) is 14.2 Å². The van der Waals surface area contributed by atoms with Crippen LogP contribution in [-0.2, 0) is 0 Å². The maximum atomic E-state index is 12.2. The van der Waals surface area contributed by atoms with Crippen LogP contribution < -0.4 is 20.3 Å². The molecule has 0 aliphatic heterocycles. The lowest BCUT2D eigenvalue weighted by Crippen LogP contribution is -2.41. The van der Waals surface area contributed by atoms with E-state index < -0.39 is 11.8 Å². The molecule has 0 aliphatic rings. The summed E-state index contributed by atoms with van der Waals surface area (Å²) in [5.41, 5.74) is 6.14. The Balaban J connectivity index is 2.09. The zero-order valence-electron chi connectivity index (χ0n) is 13.5. The number of carbonyl (C=O) groups is 2. The quantitative estimate of drug-likeness (QED) is 0.833. The van der Waals surface area contributed by atoms with Crippen molar-refractivity contribution in [3.05, 3.63) is 58.1 Å². The Bertz CT molecular complexity index is 735. The molecule has 126 valence electrons. The molecule has 0 saturated heterocycles. The van der Waals surface area contributed by atoms with Gasteiger partial charge in [-0.2, -0.15) is 0 Å². The number of hydrazine groups is 1. The van der Waals surface area contributed by atoms with Crippen molar-refractivity contribution in [1.29, 1.82) is 0 Å². The second-order valence-electron chi connectivity index (χ2n) is 4.92. The Kier molecular flexibility index (Phi) is 5.65. The van der Waals surface area contributed by atoms with E-state index in [9.17, 15) is 9.59 Å². The number of halogens is 1. The van der Waals surface area contributed by atoms with E-state index >= 15 is 0 Å². The third-order valence-electron chi connectivity index (χ3n) is 3.41. The van der Waals surface area contributed by atoms with Gasteiger partial charge < -0.3 is 9.47 Å². The molecular formula is C17H17ClN2O4. The first-order valence-corrected chi connectivity index (χ1v) is 7.43. The summed E-state index contributed by atoms with van der Waals surface area (Å²) in [4.78, 5) is 24.2. The van der Waals surface area contributed by atoms with Crippen molar-refractivity contribution in [2.24, 2.45) is 0 Å². The molecule has 0 fully saturated rings. The summed E-state index contributed by atoms with van der Waals surface area (Å²) in [5.74, 6) is 0.0898. The van der Waals surface area contributed by atoms with Crippen LogP contribution in [0.1, 0.15) is 26.3 Å². The fourth-order valence-corrected chi connectivity index (χ4v) is 2.20. The highest BCUT2D eigenvalue weighted by Crippen LogP contribution is 2.29. The molecule has 2 amide bonds. The van der Waals surface area contributed by atoms with Gasteiger partial charge in [-0.25, -0.2) is 0 Å². The summed E-state index contributed by atoms with van der Waals surface area (Å²) >= 11 is 5.77. The maximum Gasteiger partial charge on any atom is 0.269 e. The number of ether oxygens (including phenoxy) is 2. The van der Waals surface area contributed by atoms with E-state index in [2.05, 4.69) is 10.9 Å². The molecule has 0 bridgehead atoms. The molecule has 0 aromatic heterocycles. The largest absolute Gasteiger partial charge is 0.496 e. The molecule has 2 aromatic rings. The van der Waals surface area contributed by atoms with Crippen molar-refractivity contribution >= 4 is 23.4 Å². The number of nitrogens with one attached hydrogen (secondary N) is 2. The molecule has 7 heteroatoms. The molecule has 0 radical (unpaired) electrons. The Morgan fingerprint density at radius 3 is 1.79 bits per heavy atom. The molecule has 0 spiro atoms. The molecule has 0 saturated carbocycles. The number of hydrogen-bond donors (Lipinski definition) is 2. The van der Waals surface area contributed by atoms with Crippen LogP contribution in [-0.4, -0.2) is 26.0 Å². The summed E-state index contributed by atoms with van der Waals surface area (Å²) in [5, 5.41) is 0.523. The second-order valence-corrected chi connectivity index (χ2v) is 5.36. The first-order valence-electron chi connectivity index (χ1n) is 7.05. The van der Waals surface area contributed by atoms with Crippen LogP contribution in [0.2, 0.25) is 5.02 Å². The molecule has 0 aliphatic carbocycles. The van der Waals surface area contributed by atoms with E-state index in [1.165, 1.54) is 14.2 Å². The van der Waals surface area contributed by atoms with Gasteiger partial charge in [0.2, 0.25) is 0 Å². The first kappa shape index (κ1) is 17.6. The minimum absolute atomic E-state index is 0.297. The summed E-state index contributed by atoms with van der Waals surface area (Å²) in [6.07, 6.45) is 0. The summed E-state index contributed by atoms with van der Waals surface area (Å²) < 4.78 is 10.4. The molecule has 0 heterocycles. The number of methoxy groups -OCH3 is 2. The number of amides is 2. The Morgan fingerprint density at radius 2 is 1.33 bits per heavy atom. The van der Waals surface area contributed by atoms with Crippen molar-refractivity contribution in [2.75, 3.05) is 14.2 Å². The van der Waals surface area contributed by atoms with E-state index in [1.807, 2.05) is 6.92 Å². The van der Waals surface area contributed by atoms with Crippen LogP contribution in [0.5, 0.6) is 11.5 Å². The Hall–Kier alpha value is -2.73. The summed E-state index contributed by atoms with van der Waals surface area (Å²) in [7, 11) is 3.01. The average molecular weight is 349 g/mol. The molecule has 0 unspecified atom stereocenters. The molecule has 2 rings (SSSR count). The van der Waals surface area contributed by atoms with Gasteiger partial charge in [0.25, 0.3) is 11.8 Å². The highest BCUT2D eigenvalue weighted by atomic mass is 35.5. The second kappa shape index (κ2) is 7.70. The highest BCUT2D eigenvalue weighted by Gasteiger charge is 2.14. The van der Waals surface area contributed by atoms with Crippen LogP contribution in [0.3, 0.4) is 0 Å². The predicted molar refractivity (Wildman–Crippen MR) is 90.7 cm³/mol. The predicted octanol–water partition coefficient (Wildman–Crippen LogP) is 2.74. The highest BCUT2D eigenvalue weighted by molar-refractivity contribution is 6.30. The van der Waals surface area contributed by atoms with E-state index in [4.69, 9.17) is 21.1 Å². The van der Waals surface area contributed by atoms with Crippen LogP contribution in [0.25, 0.3) is 0 Å². The zero-order valence-corrected chi connectivity index (χ0v) is 14.2. The van der Waals surface area contributed by atoms with Gasteiger partial charge in [0.1, 0.15) is 11.5 Å². The molecule has 6 nitrogen and oxygen atoms in total. The van der Waals surface area contributed by atoms with Crippen LogP contribution in [0.15, 0.2) is 36.4 Å². The van der Waals surface area contributed by atoms with Gasteiger partial charge >= 0.3 is 0 Å². The first-order chi connectivity index (χ1) is 11.5. The zero-order chi connectivity index (χ0) is 17.7. The number of hydrogen-bond acceptors (Lipinski definition) is 4. The van der Waals surface area contributed by atoms with Crippen LogP contribution in [0, 0.1) is 6.92 Å². The van der Waals surface area contributed by atoms with Gasteiger partial charge in [0, 0.05) is 21.7 Å². The molecule has 2 aromatic carbocycles. The number of benzene rings is 2. The van der Waals surface area contributed by atoms with E-state index in [1.54, 1.807) is 36.4 Å². The Morgan fingerprint density at radius 1 is 0.875 bits per heavy atom. The van der Waals surface area contributed by atoms with Crippen LogP contribution in [0.4, 0.5) is 0 Å². The summed E-state index contributed by atoms with van der Waals surface area (Å²) in [6, 6.07) is 9.44. The summed E-state index contributed by atoms with van der Waals surface area (Å²) in [6.45, 7) is 1.82. The van der Waals surface area contributed by atoms with Crippen molar-refractivity contribution < 1.29 is 19.1 Å². The molecular weight excluding hydrogens is 332 g/mol. The van der Waals surface area contributed by atoms with Crippen LogP contribution >= 0.6 is 11.6 Å². The Labute approximate surface area is 144 Å². The van der Waals surface area contributed by atoms with Gasteiger partial charge in [-0.3, -0.25) is 20.4 Å². The molecule has 24 heavy (non-hydrogen) atoms.